The van der Waals surface area contributed by atoms with Gasteiger partial charge in [0, 0.05) is 6.42 Å². The molecule has 1 saturated carbocycles. The van der Waals surface area contributed by atoms with Crippen LogP contribution in [0.5, 0.6) is 0 Å². The monoisotopic (exact) mass is 226 g/mol. The van der Waals surface area contributed by atoms with Crippen molar-refractivity contribution in [3.05, 3.63) is 0 Å². The van der Waals surface area contributed by atoms with E-state index in [9.17, 15) is 0 Å². The van der Waals surface area contributed by atoms with Gasteiger partial charge in [-0.2, -0.15) is 0 Å². The van der Waals surface area contributed by atoms with Crippen molar-refractivity contribution in [1.82, 2.24) is 0 Å². The minimum atomic E-state index is 0.826. The molecule has 0 bridgehead atoms. The van der Waals surface area contributed by atoms with Crippen LogP contribution in [-0.2, 0) is 0 Å². The Hall–Kier alpha value is -0.0800. The highest BCUT2D eigenvalue weighted by molar-refractivity contribution is 4.69. The van der Waals surface area contributed by atoms with Gasteiger partial charge in [-0.1, -0.05) is 13.3 Å². The van der Waals surface area contributed by atoms with Gasteiger partial charge in [-0.05, 0) is 32.6 Å². The summed E-state index contributed by atoms with van der Waals surface area (Å²) in [5, 5.41) is 0. The molecular weight excluding hydrogens is 196 g/mol. The zero-order valence-electron chi connectivity index (χ0n) is 11.4. The molecule has 2 atom stereocenters. The highest BCUT2D eigenvalue weighted by Crippen LogP contribution is 2.21. The lowest BCUT2D eigenvalue weighted by Gasteiger charge is -2.38. The van der Waals surface area contributed by atoms with Gasteiger partial charge in [0.25, 0.3) is 0 Å². The maximum Gasteiger partial charge on any atom is 0.127 e. The molecule has 0 spiro atoms. The third kappa shape index (κ3) is 2.98. The van der Waals surface area contributed by atoms with Gasteiger partial charge in [0.2, 0.25) is 0 Å². The summed E-state index contributed by atoms with van der Waals surface area (Å²) in [5.74, 6) is 0.988. The normalized spacial score (nSPS) is 41.2. The third-order valence-electron chi connectivity index (χ3n) is 4.86. The van der Waals surface area contributed by atoms with E-state index < -0.39 is 0 Å². The van der Waals surface area contributed by atoms with E-state index in [0.29, 0.717) is 0 Å². The van der Waals surface area contributed by atoms with Crippen LogP contribution in [0.15, 0.2) is 0 Å². The molecule has 2 aliphatic rings. The smallest absolute Gasteiger partial charge is 0.127 e. The standard InChI is InChI=1S/C14H28N2/c1-12(2)15-7-9-16(10-8-15)14-6-4-5-13(3)11-14/h12-14H,4-11H2,1-3H3/p+2/t13-,14+/m0/s1. The zero-order valence-corrected chi connectivity index (χ0v) is 11.4. The summed E-state index contributed by atoms with van der Waals surface area (Å²) in [4.78, 5) is 3.75. The van der Waals surface area contributed by atoms with Crippen LogP contribution in [-0.4, -0.2) is 38.3 Å². The maximum atomic E-state index is 2.45. The molecule has 94 valence electrons. The van der Waals surface area contributed by atoms with Gasteiger partial charge >= 0.3 is 0 Å². The highest BCUT2D eigenvalue weighted by atomic mass is 15.3. The second kappa shape index (κ2) is 5.50. The minimum Gasteiger partial charge on any atom is -0.324 e. The predicted octanol–water partition coefficient (Wildman–Crippen LogP) is -0.243. The van der Waals surface area contributed by atoms with E-state index in [1.807, 2.05) is 9.80 Å². The minimum absolute atomic E-state index is 0.826. The molecule has 2 nitrogen and oxygen atoms in total. The fourth-order valence-electron chi connectivity index (χ4n) is 3.68. The molecule has 1 aliphatic carbocycles. The van der Waals surface area contributed by atoms with Crippen LogP contribution >= 0.6 is 0 Å². The summed E-state index contributed by atoms with van der Waals surface area (Å²) >= 11 is 0. The van der Waals surface area contributed by atoms with Crippen molar-refractivity contribution in [2.75, 3.05) is 26.2 Å². The summed E-state index contributed by atoms with van der Waals surface area (Å²) < 4.78 is 0. The SMILES string of the molecule is CC(C)[NH+]1CC[NH+]([C@@H]2CCC[C@H](C)C2)CC1. The molecule has 2 fully saturated rings. The predicted molar refractivity (Wildman–Crippen MR) is 67.9 cm³/mol. The Morgan fingerprint density at radius 2 is 1.69 bits per heavy atom. The van der Waals surface area contributed by atoms with E-state index in [2.05, 4.69) is 20.8 Å². The van der Waals surface area contributed by atoms with Crippen LogP contribution in [0.4, 0.5) is 0 Å². The largest absolute Gasteiger partial charge is 0.324 e. The molecule has 0 aromatic rings. The van der Waals surface area contributed by atoms with Gasteiger partial charge in [-0.25, -0.2) is 0 Å². The van der Waals surface area contributed by atoms with Crippen molar-refractivity contribution in [3.8, 4) is 0 Å². The van der Waals surface area contributed by atoms with Gasteiger partial charge in [-0.15, -0.1) is 0 Å². The number of nitrogens with one attached hydrogen (secondary N) is 2. The lowest BCUT2D eigenvalue weighted by Crippen LogP contribution is -3.30. The second-order valence-corrected chi connectivity index (χ2v) is 6.44. The Balaban J connectivity index is 1.79. The molecule has 16 heavy (non-hydrogen) atoms. The molecule has 0 aromatic heterocycles. The van der Waals surface area contributed by atoms with Gasteiger partial charge in [0.05, 0.1) is 12.1 Å². The van der Waals surface area contributed by atoms with E-state index >= 15 is 0 Å². The van der Waals surface area contributed by atoms with Crippen molar-refractivity contribution in [1.29, 1.82) is 0 Å². The molecule has 2 N–H and O–H groups in total. The summed E-state index contributed by atoms with van der Waals surface area (Å²) in [6, 6.07) is 1.82. The second-order valence-electron chi connectivity index (χ2n) is 6.44. The van der Waals surface area contributed by atoms with Crippen molar-refractivity contribution >= 4 is 0 Å². The highest BCUT2D eigenvalue weighted by Gasteiger charge is 2.32. The average Bonchev–Trinajstić information content (AvgIpc) is 2.29. The lowest BCUT2D eigenvalue weighted by molar-refractivity contribution is -1.03. The zero-order chi connectivity index (χ0) is 11.5. The topological polar surface area (TPSA) is 8.88 Å². The van der Waals surface area contributed by atoms with Crippen molar-refractivity contribution in [2.24, 2.45) is 5.92 Å². The summed E-state index contributed by atoms with van der Waals surface area (Å²) in [6.07, 6.45) is 5.95. The first kappa shape index (κ1) is 12.4. The molecule has 0 amide bonds. The van der Waals surface area contributed by atoms with Crippen LogP contribution in [0, 0.1) is 5.92 Å². The first-order valence-electron chi connectivity index (χ1n) is 7.36. The van der Waals surface area contributed by atoms with E-state index in [4.69, 9.17) is 0 Å². The average molecular weight is 226 g/mol. The molecule has 1 saturated heterocycles. The van der Waals surface area contributed by atoms with E-state index in [1.165, 1.54) is 51.9 Å². The molecular formula is C14H30N2+2. The van der Waals surface area contributed by atoms with Crippen molar-refractivity contribution in [3.63, 3.8) is 0 Å². The summed E-state index contributed by atoms with van der Waals surface area (Å²) in [6.45, 7) is 12.8. The molecule has 0 aromatic carbocycles. The lowest BCUT2D eigenvalue weighted by atomic mass is 9.86. The molecule has 0 radical (unpaired) electrons. The van der Waals surface area contributed by atoms with Gasteiger partial charge in [-0.3, -0.25) is 0 Å². The number of quaternary nitrogens is 2. The molecule has 1 heterocycles. The molecule has 2 rings (SSSR count). The fraction of sp³-hybridized carbons (Fsp3) is 1.00. The van der Waals surface area contributed by atoms with Gasteiger partial charge in [0.1, 0.15) is 26.2 Å². The quantitative estimate of drug-likeness (QED) is 0.643. The first-order valence-corrected chi connectivity index (χ1v) is 7.36. The van der Waals surface area contributed by atoms with Crippen LogP contribution in [0.3, 0.4) is 0 Å². The van der Waals surface area contributed by atoms with Crippen LogP contribution < -0.4 is 9.80 Å². The van der Waals surface area contributed by atoms with Crippen LogP contribution in [0.25, 0.3) is 0 Å². The van der Waals surface area contributed by atoms with Crippen molar-refractivity contribution < 1.29 is 9.80 Å². The third-order valence-corrected chi connectivity index (χ3v) is 4.86. The number of piperazine rings is 1. The van der Waals surface area contributed by atoms with Gasteiger partial charge in [0.15, 0.2) is 0 Å². The number of hydrogen-bond donors (Lipinski definition) is 2. The molecule has 2 heteroatoms. The summed E-state index contributed by atoms with van der Waals surface area (Å²) in [7, 11) is 0. The van der Waals surface area contributed by atoms with E-state index in [1.54, 1.807) is 0 Å². The Morgan fingerprint density at radius 1 is 1.00 bits per heavy atom. The van der Waals surface area contributed by atoms with Crippen LogP contribution in [0.1, 0.15) is 46.5 Å². The Kier molecular flexibility index (Phi) is 4.26. The molecule has 0 unspecified atom stereocenters. The summed E-state index contributed by atoms with van der Waals surface area (Å²) in [5.41, 5.74) is 0. The molecule has 1 aliphatic heterocycles. The number of hydrogen-bond acceptors (Lipinski definition) is 0. The number of rotatable bonds is 2. The fourth-order valence-corrected chi connectivity index (χ4v) is 3.68. The van der Waals surface area contributed by atoms with E-state index in [-0.39, 0.29) is 0 Å². The Bertz CT molecular complexity index is 207. The van der Waals surface area contributed by atoms with Crippen LogP contribution in [0.2, 0.25) is 0 Å². The Labute approximate surface area is 101 Å². The first-order chi connectivity index (χ1) is 7.66. The van der Waals surface area contributed by atoms with Crippen molar-refractivity contribution in [2.45, 2.75) is 58.5 Å². The Morgan fingerprint density at radius 3 is 2.25 bits per heavy atom. The maximum absolute atomic E-state index is 2.45. The van der Waals surface area contributed by atoms with Gasteiger partial charge < -0.3 is 9.80 Å². The van der Waals surface area contributed by atoms with E-state index in [0.717, 1.165) is 18.0 Å².